The molecule has 0 aromatic carbocycles. The second-order valence-electron chi connectivity index (χ2n) is 10.3. The number of alkyl halides is 2. The molecule has 0 heterocycles. The quantitative estimate of drug-likeness (QED) is 0.560. The number of carbonyl (C=O) groups is 2. The summed E-state index contributed by atoms with van der Waals surface area (Å²) < 4.78 is 35.1. The highest BCUT2D eigenvalue weighted by atomic mass is 19.1. The van der Waals surface area contributed by atoms with Gasteiger partial charge in [-0.05, 0) is 42.2 Å². The third kappa shape index (κ3) is 3.72. The summed E-state index contributed by atoms with van der Waals surface area (Å²) in [7, 11) is 0. The number of aliphatic carboxylic acids is 1. The molecule has 3 aliphatic carbocycles. The number of aliphatic hydroxyl groups excluding tert-OH is 1. The van der Waals surface area contributed by atoms with Gasteiger partial charge in [-0.25, -0.2) is 13.6 Å². The zero-order valence-electron chi connectivity index (χ0n) is 19.2. The van der Waals surface area contributed by atoms with Crippen LogP contribution in [0.3, 0.4) is 0 Å². The molecule has 2 fully saturated rings. The van der Waals surface area contributed by atoms with E-state index in [1.807, 2.05) is 19.1 Å². The van der Waals surface area contributed by atoms with Gasteiger partial charge in [0.1, 0.15) is 6.17 Å². The van der Waals surface area contributed by atoms with E-state index in [2.05, 4.69) is 6.58 Å². The number of fused-ring (bicyclic) bond motifs is 1. The molecule has 0 aliphatic heterocycles. The number of allylic oxidation sites excluding steroid dienone is 5. The average molecular weight is 453 g/mol. The molecule has 0 saturated heterocycles. The molecule has 5 nitrogen and oxygen atoms in total. The van der Waals surface area contributed by atoms with E-state index in [1.165, 1.54) is 0 Å². The van der Waals surface area contributed by atoms with E-state index >= 15 is 4.39 Å². The zero-order valence-corrected chi connectivity index (χ0v) is 19.2. The van der Waals surface area contributed by atoms with Gasteiger partial charge >= 0.3 is 11.9 Å². The first-order chi connectivity index (χ1) is 14.8. The van der Waals surface area contributed by atoms with Crippen LogP contribution < -0.4 is 0 Å². The van der Waals surface area contributed by atoms with Crippen molar-refractivity contribution in [1.82, 2.24) is 0 Å². The normalized spacial score (nSPS) is 42.2. The van der Waals surface area contributed by atoms with Crippen molar-refractivity contribution in [2.75, 3.05) is 0 Å². The first-order valence-electron chi connectivity index (χ1n) is 11.3. The topological polar surface area (TPSA) is 83.8 Å². The number of hydrogen-bond acceptors (Lipinski definition) is 4. The highest BCUT2D eigenvalue weighted by Gasteiger charge is 2.70. The van der Waals surface area contributed by atoms with E-state index in [0.29, 0.717) is 18.4 Å². The Hall–Kier alpha value is -2.02. The fraction of sp³-hybridized carbons (Fsp3) is 0.680. The maximum absolute atomic E-state index is 15.4. The SMILES string of the molecule is C=C1C=CC2(C)CC(C3C[C@@H](C)[C@](OC(=O)CC)(C(=O)O)[C@@]3(C)CC(O)F)C[C@H](F)C2=C1. The van der Waals surface area contributed by atoms with Crippen molar-refractivity contribution in [1.29, 1.82) is 0 Å². The van der Waals surface area contributed by atoms with E-state index < -0.39 is 59.2 Å². The van der Waals surface area contributed by atoms with Crippen LogP contribution in [0.1, 0.15) is 59.8 Å². The van der Waals surface area contributed by atoms with Crippen LogP contribution in [-0.4, -0.2) is 40.3 Å². The molecule has 4 unspecified atom stereocenters. The van der Waals surface area contributed by atoms with Crippen molar-refractivity contribution in [2.24, 2.45) is 28.6 Å². The maximum atomic E-state index is 15.4. The van der Waals surface area contributed by atoms with Crippen LogP contribution in [0.25, 0.3) is 0 Å². The molecule has 8 atom stereocenters. The number of carboxylic acids is 1. The van der Waals surface area contributed by atoms with E-state index in [4.69, 9.17) is 4.74 Å². The Morgan fingerprint density at radius 1 is 1.34 bits per heavy atom. The summed E-state index contributed by atoms with van der Waals surface area (Å²) in [4.78, 5) is 24.9. The first-order valence-corrected chi connectivity index (χ1v) is 11.3. The van der Waals surface area contributed by atoms with Crippen LogP contribution in [0.4, 0.5) is 8.78 Å². The van der Waals surface area contributed by atoms with Crippen molar-refractivity contribution in [3.63, 3.8) is 0 Å². The summed E-state index contributed by atoms with van der Waals surface area (Å²) in [6.07, 6.45) is 2.53. The highest BCUT2D eigenvalue weighted by molar-refractivity contribution is 5.84. The summed E-state index contributed by atoms with van der Waals surface area (Å²) in [5.74, 6) is -3.42. The van der Waals surface area contributed by atoms with Crippen molar-refractivity contribution < 1.29 is 33.3 Å². The molecule has 0 amide bonds. The third-order valence-corrected chi connectivity index (χ3v) is 8.21. The molecule has 178 valence electrons. The number of rotatable bonds is 6. The first kappa shape index (κ1) is 24.6. The van der Waals surface area contributed by atoms with Crippen molar-refractivity contribution in [3.05, 3.63) is 36.0 Å². The average Bonchev–Trinajstić information content (AvgIpc) is 2.90. The van der Waals surface area contributed by atoms with Crippen LogP contribution in [-0.2, 0) is 14.3 Å². The minimum absolute atomic E-state index is 0.0302. The summed E-state index contributed by atoms with van der Waals surface area (Å²) in [5, 5.41) is 20.0. The molecule has 3 rings (SSSR count). The predicted octanol–water partition coefficient (Wildman–Crippen LogP) is 4.91. The number of halogens is 2. The molecule has 2 saturated carbocycles. The van der Waals surface area contributed by atoms with Gasteiger partial charge in [-0.1, -0.05) is 52.5 Å². The van der Waals surface area contributed by atoms with E-state index in [0.717, 1.165) is 5.57 Å². The van der Waals surface area contributed by atoms with Crippen molar-refractivity contribution >= 4 is 11.9 Å². The standard InChI is InChI=1S/C25H34F2O5/c1-6-21(29)32-25(22(30)31)15(3)10-17(24(25,5)13-20(27)28)16-11-19(26)18-9-14(2)7-8-23(18,4)12-16/h7-9,15-17,19-20,28H,2,6,10-13H2,1,3-5H3,(H,30,31)/t15-,16?,17?,19+,20?,23?,24+,25+/m1/s1. The molecular formula is C25H34F2O5. The van der Waals surface area contributed by atoms with Crippen molar-refractivity contribution in [3.8, 4) is 0 Å². The Morgan fingerprint density at radius 2 is 2.00 bits per heavy atom. The molecule has 0 bridgehead atoms. The molecule has 7 heteroatoms. The van der Waals surface area contributed by atoms with Crippen LogP contribution in [0.15, 0.2) is 36.0 Å². The van der Waals surface area contributed by atoms with Crippen LogP contribution >= 0.6 is 0 Å². The monoisotopic (exact) mass is 452 g/mol. The summed E-state index contributed by atoms with van der Waals surface area (Å²) in [5.41, 5.74) is -2.59. The lowest BCUT2D eigenvalue weighted by Gasteiger charge is -2.50. The molecule has 0 aromatic heterocycles. The molecule has 32 heavy (non-hydrogen) atoms. The largest absolute Gasteiger partial charge is 0.478 e. The van der Waals surface area contributed by atoms with Gasteiger partial charge in [0.2, 0.25) is 5.60 Å². The Balaban J connectivity index is 2.07. The summed E-state index contributed by atoms with van der Waals surface area (Å²) >= 11 is 0. The van der Waals surface area contributed by atoms with Gasteiger partial charge in [-0.3, -0.25) is 4.79 Å². The van der Waals surface area contributed by atoms with Gasteiger partial charge in [0.25, 0.3) is 0 Å². The number of carbonyl (C=O) groups excluding carboxylic acids is 1. The van der Waals surface area contributed by atoms with E-state index in [1.54, 1.807) is 26.8 Å². The second kappa shape index (κ2) is 8.40. The number of hydrogen-bond donors (Lipinski definition) is 2. The van der Waals surface area contributed by atoms with E-state index in [-0.39, 0.29) is 18.8 Å². The Kier molecular flexibility index (Phi) is 6.46. The minimum atomic E-state index is -2.29. The number of aliphatic hydroxyl groups is 1. The fourth-order valence-corrected chi connectivity index (χ4v) is 6.74. The van der Waals surface area contributed by atoms with Gasteiger partial charge in [0, 0.05) is 29.6 Å². The van der Waals surface area contributed by atoms with Gasteiger partial charge in [0.05, 0.1) is 0 Å². The van der Waals surface area contributed by atoms with Gasteiger partial charge in [-0.15, -0.1) is 0 Å². The Morgan fingerprint density at radius 3 is 2.56 bits per heavy atom. The summed E-state index contributed by atoms with van der Waals surface area (Å²) in [6, 6.07) is 0. The van der Waals surface area contributed by atoms with Gasteiger partial charge in [-0.2, -0.15) is 0 Å². The minimum Gasteiger partial charge on any atom is -0.478 e. The Labute approximate surface area is 188 Å². The zero-order chi connectivity index (χ0) is 24.1. The van der Waals surface area contributed by atoms with E-state index in [9.17, 15) is 24.2 Å². The summed E-state index contributed by atoms with van der Waals surface area (Å²) in [6.45, 7) is 10.6. The lowest BCUT2D eigenvalue weighted by atomic mass is 9.56. The molecule has 3 aliphatic rings. The fourth-order valence-electron chi connectivity index (χ4n) is 6.74. The lowest BCUT2D eigenvalue weighted by Crippen LogP contribution is -2.59. The Bertz CT molecular complexity index is 864. The van der Waals surface area contributed by atoms with Crippen LogP contribution in [0.5, 0.6) is 0 Å². The molecule has 0 spiro atoms. The maximum Gasteiger partial charge on any atom is 0.349 e. The number of ether oxygens (including phenoxy) is 1. The van der Waals surface area contributed by atoms with Crippen molar-refractivity contribution in [2.45, 2.75) is 77.9 Å². The molecular weight excluding hydrogens is 418 g/mol. The smallest absolute Gasteiger partial charge is 0.349 e. The number of carboxylic acid groups (broad SMARTS) is 1. The molecule has 0 aromatic rings. The predicted molar refractivity (Wildman–Crippen MR) is 116 cm³/mol. The number of esters is 1. The van der Waals surface area contributed by atoms with Gasteiger partial charge in [0.15, 0.2) is 6.36 Å². The second-order valence-corrected chi connectivity index (χ2v) is 10.3. The molecule has 2 N–H and O–H groups in total. The van der Waals surface area contributed by atoms with Crippen LogP contribution in [0, 0.1) is 28.6 Å². The van der Waals surface area contributed by atoms with Gasteiger partial charge < -0.3 is 14.9 Å². The van der Waals surface area contributed by atoms with Crippen LogP contribution in [0.2, 0.25) is 0 Å². The highest BCUT2D eigenvalue weighted by Crippen LogP contribution is 2.64. The lowest BCUT2D eigenvalue weighted by molar-refractivity contribution is -0.207. The molecule has 0 radical (unpaired) electrons. The third-order valence-electron chi connectivity index (χ3n) is 8.21.